The molecule has 0 aromatic carbocycles. The van der Waals surface area contributed by atoms with Gasteiger partial charge in [0.05, 0.1) is 82.7 Å². The Balaban J connectivity index is -0.0000000870. The Bertz CT molecular complexity index is 471. The van der Waals surface area contributed by atoms with Crippen molar-refractivity contribution in [1.29, 1.82) is 0 Å². The van der Waals surface area contributed by atoms with E-state index in [1.165, 1.54) is 0 Å². The summed E-state index contributed by atoms with van der Waals surface area (Å²) in [5.41, 5.74) is 23.7. The monoisotopic (exact) mass is 749 g/mol. The van der Waals surface area contributed by atoms with Crippen molar-refractivity contribution in [2.45, 2.75) is 88.2 Å². The first kappa shape index (κ1) is 64.2. The van der Waals surface area contributed by atoms with Crippen LogP contribution in [0.1, 0.15) is 58.3 Å². The van der Waals surface area contributed by atoms with E-state index in [0.717, 1.165) is 51.5 Å². The van der Waals surface area contributed by atoms with Crippen molar-refractivity contribution in [3.05, 3.63) is 0 Å². The van der Waals surface area contributed by atoms with Gasteiger partial charge in [0.1, 0.15) is 0 Å². The molecule has 0 aromatic rings. The van der Waals surface area contributed by atoms with Gasteiger partial charge in [0, 0.05) is 46.0 Å². The Labute approximate surface area is 299 Å². The summed E-state index contributed by atoms with van der Waals surface area (Å²) >= 11 is 0. The molecule has 2 unspecified atom stereocenters. The largest absolute Gasteiger partial charge is 0.396 e. The third-order valence-corrected chi connectivity index (χ3v) is 5.39. The molecule has 0 spiro atoms. The minimum absolute atomic E-state index is 0.103. The van der Waals surface area contributed by atoms with Crippen LogP contribution in [0.4, 0.5) is 0 Å². The van der Waals surface area contributed by atoms with E-state index in [1.807, 2.05) is 6.92 Å². The predicted octanol–water partition coefficient (Wildman–Crippen LogP) is -7.47. The second-order valence-electron chi connectivity index (χ2n) is 10.6. The first-order valence-electron chi connectivity index (χ1n) is 16.8. The molecule has 50 heavy (non-hydrogen) atoms. The lowest BCUT2D eigenvalue weighted by atomic mass is 10.1. The Morgan fingerprint density at radius 1 is 0.500 bits per heavy atom. The number of hydrogen-bond donors (Lipinski definition) is 20. The summed E-state index contributed by atoms with van der Waals surface area (Å²) in [6.45, 7) is 3.42. The number of aliphatic hydroxyl groups is 14. The van der Waals surface area contributed by atoms with Crippen LogP contribution in [0.5, 0.6) is 0 Å². The number of aliphatic hydroxyl groups excluding tert-OH is 14. The molecule has 20 nitrogen and oxygen atoms in total. The zero-order chi connectivity index (χ0) is 40.5. The lowest BCUT2D eigenvalue weighted by Crippen LogP contribution is -2.50. The quantitative estimate of drug-likeness (QED) is 0.0431. The minimum atomic E-state index is -1.21. The Hall–Kier alpha value is -0.800. The van der Waals surface area contributed by atoms with Crippen molar-refractivity contribution < 1.29 is 71.5 Å². The molecule has 25 N–H and O–H groups in total. The highest BCUT2D eigenvalue weighted by molar-refractivity contribution is 4.80. The molecular formula is C30H80N6O14. The number of nitrogens with two attached hydrogens (primary N) is 5. The van der Waals surface area contributed by atoms with Gasteiger partial charge in [-0.1, -0.05) is 13.3 Å². The molecule has 20 heteroatoms. The third kappa shape index (κ3) is 76.9. The maximum absolute atomic E-state index is 8.61. The van der Waals surface area contributed by atoms with E-state index in [-0.39, 0.29) is 65.9 Å². The van der Waals surface area contributed by atoms with E-state index in [4.69, 9.17) is 100 Å². The molecule has 0 bridgehead atoms. The Morgan fingerprint density at radius 3 is 1.04 bits per heavy atom. The number of hydrogen-bond acceptors (Lipinski definition) is 20. The van der Waals surface area contributed by atoms with Crippen molar-refractivity contribution >= 4 is 0 Å². The van der Waals surface area contributed by atoms with E-state index >= 15 is 0 Å². The van der Waals surface area contributed by atoms with Gasteiger partial charge in [0.2, 0.25) is 0 Å². The van der Waals surface area contributed by atoms with Crippen molar-refractivity contribution in [1.82, 2.24) is 5.32 Å². The van der Waals surface area contributed by atoms with Gasteiger partial charge in [-0.05, 0) is 51.5 Å². The van der Waals surface area contributed by atoms with Crippen molar-refractivity contribution in [2.75, 3.05) is 105 Å². The highest BCUT2D eigenvalue weighted by Gasteiger charge is 2.20. The van der Waals surface area contributed by atoms with Crippen molar-refractivity contribution in [2.24, 2.45) is 28.7 Å². The number of nitrogens with one attached hydrogen (secondary N) is 1. The van der Waals surface area contributed by atoms with E-state index in [0.29, 0.717) is 19.6 Å². The van der Waals surface area contributed by atoms with Gasteiger partial charge in [0.15, 0.2) is 0 Å². The molecule has 0 aliphatic heterocycles. The SMILES string of the molecule is CCCC(O)CO.NC(CO)(CO)CO.NC(CO)CO.NCC(O)CN.NCC(O)CO.OCCCCCNCCO.OCCCCCO. The summed E-state index contributed by atoms with van der Waals surface area (Å²) in [4.78, 5) is 0. The van der Waals surface area contributed by atoms with Crippen LogP contribution in [-0.2, 0) is 0 Å². The van der Waals surface area contributed by atoms with Crippen LogP contribution in [0, 0.1) is 0 Å². The van der Waals surface area contributed by atoms with Crippen LogP contribution in [-0.4, -0.2) is 207 Å². The van der Waals surface area contributed by atoms with Crippen LogP contribution in [0.15, 0.2) is 0 Å². The molecule has 0 aromatic heterocycles. The lowest BCUT2D eigenvalue weighted by molar-refractivity contribution is 0.0697. The topological polar surface area (TPSA) is 425 Å². The van der Waals surface area contributed by atoms with Gasteiger partial charge in [-0.25, -0.2) is 0 Å². The molecule has 0 saturated carbocycles. The first-order valence-corrected chi connectivity index (χ1v) is 16.8. The molecule has 2 atom stereocenters. The molecule has 0 heterocycles. The number of unbranched alkanes of at least 4 members (excludes halogenated alkanes) is 4. The van der Waals surface area contributed by atoms with Gasteiger partial charge < -0.3 is 105 Å². The second kappa shape index (κ2) is 60.3. The third-order valence-electron chi connectivity index (χ3n) is 5.39. The van der Waals surface area contributed by atoms with Gasteiger partial charge in [-0.3, -0.25) is 0 Å². The molecule has 0 aliphatic carbocycles. The lowest BCUT2D eigenvalue weighted by Gasteiger charge is -2.20. The summed E-state index contributed by atoms with van der Waals surface area (Å²) < 4.78 is 0. The first-order chi connectivity index (χ1) is 23.7. The summed E-state index contributed by atoms with van der Waals surface area (Å²) in [7, 11) is 0. The van der Waals surface area contributed by atoms with Crippen LogP contribution >= 0.6 is 0 Å². The average molecular weight is 749 g/mol. The average Bonchev–Trinajstić information content (AvgIpc) is 3.16. The van der Waals surface area contributed by atoms with Gasteiger partial charge in [-0.2, -0.15) is 0 Å². The standard InChI is InChI=1S/C7H17NO2.2C5H12O2.C4H11NO3.C3H10N2O.2C3H9NO2/c9-6-3-1-2-4-8-5-7-10;1-2-3-5(7)4-6;6-4-2-1-3-5-7;5-4(1-6,2-7)3-8;4-1-3(6)2-5;4-3(1-5)2-6;4-1-3(6)2-5/h8-10H,1-7H2;5-7H,2-4H2,1H3;6-7H,1-5H2;6-8H,1-3,5H2;3,6H,1-2,4-5H2;2*3,5-6H,1-2,4H2. The van der Waals surface area contributed by atoms with E-state index in [9.17, 15) is 0 Å². The summed E-state index contributed by atoms with van der Waals surface area (Å²) in [6, 6.07) is -0.454. The highest BCUT2D eigenvalue weighted by atomic mass is 16.3. The van der Waals surface area contributed by atoms with Crippen molar-refractivity contribution in [3.63, 3.8) is 0 Å². The smallest absolute Gasteiger partial charge is 0.0892 e. The predicted molar refractivity (Wildman–Crippen MR) is 194 cm³/mol. The fourth-order valence-corrected chi connectivity index (χ4v) is 1.95. The maximum atomic E-state index is 8.61. The van der Waals surface area contributed by atoms with E-state index < -0.39 is 49.7 Å². The van der Waals surface area contributed by atoms with Crippen LogP contribution in [0.3, 0.4) is 0 Å². The van der Waals surface area contributed by atoms with Crippen molar-refractivity contribution in [3.8, 4) is 0 Å². The van der Waals surface area contributed by atoms with E-state index in [1.54, 1.807) is 0 Å². The number of rotatable bonds is 23. The molecular weight excluding hydrogens is 668 g/mol. The molecule has 0 rings (SSSR count). The normalized spacial score (nSPS) is 11.4. The van der Waals surface area contributed by atoms with Crippen LogP contribution < -0.4 is 34.0 Å². The molecule has 314 valence electrons. The van der Waals surface area contributed by atoms with Crippen LogP contribution in [0.2, 0.25) is 0 Å². The highest BCUT2D eigenvalue weighted by Crippen LogP contribution is 1.94. The van der Waals surface area contributed by atoms with Gasteiger partial charge in [-0.15, -0.1) is 0 Å². The fraction of sp³-hybridized carbons (Fsp3) is 1.00. The van der Waals surface area contributed by atoms with Gasteiger partial charge in [0.25, 0.3) is 0 Å². The Morgan fingerprint density at radius 2 is 0.880 bits per heavy atom. The molecule has 0 saturated heterocycles. The summed E-state index contributed by atoms with van der Waals surface area (Å²) in [5, 5.41) is 119. The van der Waals surface area contributed by atoms with Gasteiger partial charge >= 0.3 is 0 Å². The fourth-order valence-electron chi connectivity index (χ4n) is 1.95. The Kier molecular flexibility index (Phi) is 77.4. The molecule has 0 radical (unpaired) electrons. The van der Waals surface area contributed by atoms with Crippen LogP contribution in [0.25, 0.3) is 0 Å². The second-order valence-corrected chi connectivity index (χ2v) is 10.6. The zero-order valence-corrected chi connectivity index (χ0v) is 30.4. The zero-order valence-electron chi connectivity index (χ0n) is 30.4. The summed E-state index contributed by atoms with van der Waals surface area (Å²) in [5.74, 6) is 0. The molecule has 0 amide bonds. The van der Waals surface area contributed by atoms with E-state index in [2.05, 4.69) is 5.32 Å². The minimum Gasteiger partial charge on any atom is -0.396 e. The maximum Gasteiger partial charge on any atom is 0.0892 e. The summed E-state index contributed by atoms with van der Waals surface area (Å²) in [6.07, 6.45) is 5.52. The molecule has 0 aliphatic rings. The molecule has 0 fully saturated rings.